The number of aromatic nitrogens is 2. The lowest BCUT2D eigenvalue weighted by atomic mass is 10.7. The largest absolute Gasteiger partial charge is 0.368 e. The van der Waals surface area contributed by atoms with Crippen LogP contribution in [0, 0.1) is 0 Å². The average Bonchev–Trinajstić information content (AvgIpc) is 1.82. The summed E-state index contributed by atoms with van der Waals surface area (Å²) in [6, 6.07) is 0. The lowest BCUT2D eigenvalue weighted by molar-refractivity contribution is 1.13. The van der Waals surface area contributed by atoms with Gasteiger partial charge in [0.25, 0.3) is 0 Å². The van der Waals surface area contributed by atoms with Gasteiger partial charge >= 0.3 is 0 Å². The maximum atomic E-state index is 5.68. The Morgan fingerprint density at radius 2 is 1.60 bits per heavy atom. The van der Waals surface area contributed by atoms with Crippen LogP contribution in [0.5, 0.6) is 0 Å². The van der Waals surface area contributed by atoms with Crippen LogP contribution in [-0.2, 0) is 0 Å². The van der Waals surface area contributed by atoms with Gasteiger partial charge in [-0.05, 0) is 31.9 Å². The molecule has 2 N–H and O–H groups in total. The van der Waals surface area contributed by atoms with Gasteiger partial charge in [0.15, 0.2) is 0 Å². The lowest BCUT2D eigenvalue weighted by Gasteiger charge is -1.97. The second-order valence-electron chi connectivity index (χ2n) is 1.48. The molecule has 0 fully saturated rings. The number of hydrogen-bond acceptors (Lipinski definition) is 3. The van der Waals surface area contributed by atoms with Gasteiger partial charge in [-0.25, -0.2) is 9.97 Å². The quantitative estimate of drug-likeness (QED) is 0.745. The molecule has 1 aromatic rings. The van der Waals surface area contributed by atoms with Crippen LogP contribution in [0.25, 0.3) is 0 Å². The Labute approximate surface area is 79.2 Å². The van der Waals surface area contributed by atoms with Crippen molar-refractivity contribution < 1.29 is 0 Å². The molecule has 0 aromatic carbocycles. The summed E-state index contributed by atoms with van der Waals surface area (Å²) in [7, 11) is 0. The summed E-state index contributed by atoms with van der Waals surface area (Å²) in [4.78, 5) is 7.51. The van der Waals surface area contributed by atoms with E-state index < -0.39 is 0 Å². The van der Waals surface area contributed by atoms with Crippen LogP contribution in [0.3, 0.4) is 0 Å². The molecule has 0 spiro atoms. The van der Waals surface area contributed by atoms with Crippen LogP contribution < -0.4 is 5.73 Å². The number of hydrogen-bond donors (Lipinski definition) is 1. The van der Waals surface area contributed by atoms with Crippen molar-refractivity contribution in [2.45, 2.75) is 0 Å². The maximum absolute atomic E-state index is 5.68. The van der Waals surface area contributed by atoms with Crippen molar-refractivity contribution in [1.29, 1.82) is 0 Å². The van der Waals surface area contributed by atoms with Crippen molar-refractivity contribution in [1.82, 2.24) is 9.97 Å². The van der Waals surface area contributed by atoms with E-state index in [0.29, 0.717) is 14.2 Å². The molecule has 1 rings (SSSR count). The van der Waals surface area contributed by atoms with Crippen LogP contribution in [0.1, 0.15) is 0 Å². The van der Waals surface area contributed by atoms with E-state index in [9.17, 15) is 0 Å². The molecule has 0 amide bonds. The molecular weight excluding hydrogens is 285 g/mol. The Morgan fingerprint density at radius 3 is 2.00 bits per heavy atom. The third kappa shape index (κ3) is 1.59. The fraction of sp³-hybridized carbons (Fsp3) is 0. The number of halogens is 3. The Kier molecular flexibility index (Phi) is 2.49. The van der Waals surface area contributed by atoms with Crippen LogP contribution in [0.2, 0.25) is 5.02 Å². The highest BCUT2D eigenvalue weighted by atomic mass is 79.9. The molecule has 1 aromatic heterocycles. The third-order valence-corrected chi connectivity index (χ3v) is 2.75. The molecule has 0 unspecified atom stereocenters. The molecular formula is C4H2Br2ClN3. The Bertz CT molecular complexity index is 242. The first kappa shape index (κ1) is 8.23. The zero-order valence-corrected chi connectivity index (χ0v) is 8.53. The minimum atomic E-state index is 0.183. The van der Waals surface area contributed by atoms with E-state index in [2.05, 4.69) is 41.8 Å². The third-order valence-electron chi connectivity index (χ3n) is 0.788. The molecule has 0 saturated carbocycles. The zero-order valence-electron chi connectivity index (χ0n) is 4.61. The second-order valence-corrected chi connectivity index (χ2v) is 3.36. The number of nitrogens with two attached hydrogens (primary N) is 1. The summed E-state index contributed by atoms with van der Waals surface area (Å²) in [5, 5.41) is 0.425. The summed E-state index contributed by atoms with van der Waals surface area (Å²) in [6.07, 6.45) is 0. The standard InChI is InChI=1S/C4H2Br2ClN3/c5-2-1(7)3(6)10-4(8)9-2/h(H2,8,9,10). The minimum absolute atomic E-state index is 0.183. The van der Waals surface area contributed by atoms with Crippen molar-refractivity contribution in [2.24, 2.45) is 0 Å². The van der Waals surface area contributed by atoms with Gasteiger partial charge in [0.05, 0.1) is 0 Å². The second kappa shape index (κ2) is 3.02. The van der Waals surface area contributed by atoms with E-state index >= 15 is 0 Å². The van der Waals surface area contributed by atoms with E-state index in [4.69, 9.17) is 17.3 Å². The first-order valence-corrected chi connectivity index (χ1v) is 4.21. The molecule has 0 radical (unpaired) electrons. The van der Waals surface area contributed by atoms with Gasteiger partial charge in [0, 0.05) is 0 Å². The first-order chi connectivity index (χ1) is 4.61. The van der Waals surface area contributed by atoms with Crippen molar-refractivity contribution in [2.75, 3.05) is 5.73 Å². The zero-order chi connectivity index (χ0) is 7.72. The summed E-state index contributed by atoms with van der Waals surface area (Å²) in [5.41, 5.74) is 5.29. The number of rotatable bonds is 0. The van der Waals surface area contributed by atoms with Crippen molar-refractivity contribution in [3.05, 3.63) is 14.2 Å². The van der Waals surface area contributed by atoms with Crippen molar-refractivity contribution in [3.63, 3.8) is 0 Å². The Morgan fingerprint density at radius 1 is 1.20 bits per heavy atom. The van der Waals surface area contributed by atoms with Crippen LogP contribution >= 0.6 is 43.5 Å². The highest BCUT2D eigenvalue weighted by Gasteiger charge is 2.05. The predicted molar refractivity (Wildman–Crippen MR) is 46.9 cm³/mol. The molecule has 54 valence electrons. The van der Waals surface area contributed by atoms with Gasteiger partial charge in [0.1, 0.15) is 14.2 Å². The molecule has 10 heavy (non-hydrogen) atoms. The van der Waals surface area contributed by atoms with Gasteiger partial charge in [-0.15, -0.1) is 0 Å². The lowest BCUT2D eigenvalue weighted by Crippen LogP contribution is -1.95. The topological polar surface area (TPSA) is 51.8 Å². The van der Waals surface area contributed by atoms with Crippen molar-refractivity contribution >= 4 is 49.4 Å². The molecule has 0 aliphatic carbocycles. The van der Waals surface area contributed by atoms with E-state index in [0.717, 1.165) is 0 Å². The smallest absolute Gasteiger partial charge is 0.222 e. The van der Waals surface area contributed by atoms with Gasteiger partial charge in [-0.3, -0.25) is 0 Å². The summed E-state index contributed by atoms with van der Waals surface area (Å²) < 4.78 is 0.988. The fourth-order valence-corrected chi connectivity index (χ4v) is 1.50. The maximum Gasteiger partial charge on any atom is 0.222 e. The number of nitrogen functional groups attached to an aromatic ring is 1. The van der Waals surface area contributed by atoms with Crippen LogP contribution in [0.15, 0.2) is 9.21 Å². The normalized spacial score (nSPS) is 9.90. The van der Waals surface area contributed by atoms with E-state index in [1.807, 2.05) is 0 Å². The monoisotopic (exact) mass is 285 g/mol. The molecule has 0 bridgehead atoms. The molecule has 0 atom stereocenters. The van der Waals surface area contributed by atoms with Crippen LogP contribution in [0.4, 0.5) is 5.95 Å². The van der Waals surface area contributed by atoms with E-state index in [1.165, 1.54) is 0 Å². The molecule has 3 nitrogen and oxygen atoms in total. The van der Waals surface area contributed by atoms with Crippen molar-refractivity contribution in [3.8, 4) is 0 Å². The summed E-state index contributed by atoms with van der Waals surface area (Å²) in [6.45, 7) is 0. The predicted octanol–water partition coefficient (Wildman–Crippen LogP) is 2.24. The van der Waals surface area contributed by atoms with E-state index in [-0.39, 0.29) is 5.95 Å². The first-order valence-electron chi connectivity index (χ1n) is 2.25. The van der Waals surface area contributed by atoms with Gasteiger partial charge in [0.2, 0.25) is 5.95 Å². The Hall–Kier alpha value is 0.130. The highest BCUT2D eigenvalue weighted by molar-refractivity contribution is 9.11. The molecule has 0 aliphatic rings. The van der Waals surface area contributed by atoms with E-state index in [1.54, 1.807) is 0 Å². The minimum Gasteiger partial charge on any atom is -0.368 e. The summed E-state index contributed by atoms with van der Waals surface area (Å²) in [5.74, 6) is 0.183. The number of anilines is 1. The number of nitrogens with zero attached hydrogens (tertiary/aromatic N) is 2. The average molecular weight is 287 g/mol. The summed E-state index contributed by atoms with van der Waals surface area (Å²) >= 11 is 11.9. The van der Waals surface area contributed by atoms with Gasteiger partial charge < -0.3 is 5.73 Å². The van der Waals surface area contributed by atoms with Crippen LogP contribution in [-0.4, -0.2) is 9.97 Å². The molecule has 1 heterocycles. The fourth-order valence-electron chi connectivity index (χ4n) is 0.409. The SMILES string of the molecule is Nc1nc(Br)c(Cl)c(Br)n1. The molecule has 6 heteroatoms. The highest BCUT2D eigenvalue weighted by Crippen LogP contribution is 2.27. The Balaban J connectivity index is 3.31. The molecule has 0 saturated heterocycles. The van der Waals surface area contributed by atoms with Gasteiger partial charge in [-0.2, -0.15) is 0 Å². The molecule has 0 aliphatic heterocycles. The van der Waals surface area contributed by atoms with Gasteiger partial charge in [-0.1, -0.05) is 11.6 Å².